The molecule has 0 bridgehead atoms. The molecule has 1 N–H and O–H groups in total. The Morgan fingerprint density at radius 1 is 1.37 bits per heavy atom. The highest BCUT2D eigenvalue weighted by molar-refractivity contribution is 6.29. The van der Waals surface area contributed by atoms with Gasteiger partial charge in [0.1, 0.15) is 11.6 Å². The van der Waals surface area contributed by atoms with Gasteiger partial charge in [-0.25, -0.2) is 4.98 Å². The van der Waals surface area contributed by atoms with Gasteiger partial charge in [0.2, 0.25) is 5.15 Å². The molecule has 0 saturated carbocycles. The fraction of sp³-hybridized carbons (Fsp3) is 0.200. The SMILES string of the molecule is CCc1c(C)c(C#N)c2[nH]c3ccccc3[n+]2c1Cl. The van der Waals surface area contributed by atoms with Gasteiger partial charge in [0.05, 0.1) is 0 Å². The Labute approximate surface area is 116 Å². The van der Waals surface area contributed by atoms with E-state index in [4.69, 9.17) is 11.6 Å². The number of rotatable bonds is 1. The number of fused-ring (bicyclic) bond motifs is 3. The van der Waals surface area contributed by atoms with E-state index in [-0.39, 0.29) is 0 Å². The maximum absolute atomic E-state index is 9.43. The van der Waals surface area contributed by atoms with Crippen molar-refractivity contribution in [1.29, 1.82) is 5.26 Å². The van der Waals surface area contributed by atoms with Crippen molar-refractivity contribution >= 4 is 28.3 Å². The second-order valence-corrected chi connectivity index (χ2v) is 4.92. The van der Waals surface area contributed by atoms with E-state index < -0.39 is 0 Å². The summed E-state index contributed by atoms with van der Waals surface area (Å²) in [7, 11) is 0. The molecule has 0 spiro atoms. The fourth-order valence-corrected chi connectivity index (χ4v) is 3.07. The quantitative estimate of drug-likeness (QED) is 0.535. The molecular formula is C15H13ClN3+. The molecule has 1 aromatic carbocycles. The topological polar surface area (TPSA) is 43.7 Å². The average Bonchev–Trinajstić information content (AvgIpc) is 2.79. The average molecular weight is 271 g/mol. The number of pyridine rings is 1. The number of hydrogen-bond acceptors (Lipinski definition) is 1. The molecule has 0 aliphatic carbocycles. The summed E-state index contributed by atoms with van der Waals surface area (Å²) in [6, 6.07) is 10.2. The van der Waals surface area contributed by atoms with E-state index in [1.54, 1.807) is 0 Å². The van der Waals surface area contributed by atoms with E-state index in [1.165, 1.54) is 0 Å². The monoisotopic (exact) mass is 270 g/mol. The van der Waals surface area contributed by atoms with Crippen molar-refractivity contribution in [3.8, 4) is 6.07 Å². The number of nitrogens with one attached hydrogen (secondary N) is 1. The summed E-state index contributed by atoms with van der Waals surface area (Å²) in [5.74, 6) is 0. The van der Waals surface area contributed by atoms with Crippen molar-refractivity contribution in [3.05, 3.63) is 46.1 Å². The van der Waals surface area contributed by atoms with Gasteiger partial charge in [-0.2, -0.15) is 9.66 Å². The third-order valence-electron chi connectivity index (χ3n) is 3.60. The lowest BCUT2D eigenvalue weighted by Gasteiger charge is -2.06. The highest BCUT2D eigenvalue weighted by atomic mass is 35.5. The molecule has 0 aliphatic rings. The van der Waals surface area contributed by atoms with Crippen molar-refractivity contribution in [1.82, 2.24) is 4.98 Å². The number of imidazole rings is 1. The molecule has 2 heterocycles. The zero-order valence-electron chi connectivity index (χ0n) is 10.8. The molecular weight excluding hydrogens is 258 g/mol. The van der Waals surface area contributed by atoms with Crippen molar-refractivity contribution < 1.29 is 4.40 Å². The number of para-hydroxylation sites is 2. The van der Waals surface area contributed by atoms with Gasteiger partial charge in [-0.05, 0) is 42.6 Å². The molecule has 0 atom stereocenters. The largest absolute Gasteiger partial charge is 0.304 e. The highest BCUT2D eigenvalue weighted by Crippen LogP contribution is 2.25. The third kappa shape index (κ3) is 1.54. The second kappa shape index (κ2) is 4.25. The molecule has 0 amide bonds. The number of aromatic nitrogens is 2. The van der Waals surface area contributed by atoms with E-state index in [2.05, 4.69) is 18.0 Å². The van der Waals surface area contributed by atoms with Gasteiger partial charge < -0.3 is 0 Å². The van der Waals surface area contributed by atoms with Crippen molar-refractivity contribution in [2.45, 2.75) is 20.3 Å². The van der Waals surface area contributed by atoms with Crippen LogP contribution in [0, 0.1) is 18.3 Å². The van der Waals surface area contributed by atoms with Gasteiger partial charge in [-0.15, -0.1) is 0 Å². The second-order valence-electron chi connectivity index (χ2n) is 4.56. The Hall–Kier alpha value is -2.05. The Morgan fingerprint density at radius 3 is 2.79 bits per heavy atom. The normalized spacial score (nSPS) is 11.1. The lowest BCUT2D eigenvalue weighted by molar-refractivity contribution is -0.479. The van der Waals surface area contributed by atoms with Gasteiger partial charge in [-0.1, -0.05) is 19.1 Å². The molecule has 3 aromatic rings. The first-order valence-corrected chi connectivity index (χ1v) is 6.60. The summed E-state index contributed by atoms with van der Waals surface area (Å²) in [4.78, 5) is 3.29. The highest BCUT2D eigenvalue weighted by Gasteiger charge is 2.24. The summed E-state index contributed by atoms with van der Waals surface area (Å²) in [6.45, 7) is 4.01. The fourth-order valence-electron chi connectivity index (χ4n) is 2.62. The molecule has 0 saturated heterocycles. The number of hydrogen-bond donors (Lipinski definition) is 1. The molecule has 4 heteroatoms. The van der Waals surface area contributed by atoms with E-state index >= 15 is 0 Å². The Bertz CT molecular complexity index is 840. The molecule has 94 valence electrons. The van der Waals surface area contributed by atoms with Crippen LogP contribution in [0.5, 0.6) is 0 Å². The molecule has 19 heavy (non-hydrogen) atoms. The Morgan fingerprint density at radius 2 is 2.11 bits per heavy atom. The zero-order valence-corrected chi connectivity index (χ0v) is 11.5. The number of aromatic amines is 1. The first-order valence-electron chi connectivity index (χ1n) is 6.22. The van der Waals surface area contributed by atoms with Crippen LogP contribution in [0.2, 0.25) is 5.15 Å². The molecule has 0 aliphatic heterocycles. The van der Waals surface area contributed by atoms with Crippen LogP contribution in [0.15, 0.2) is 24.3 Å². The van der Waals surface area contributed by atoms with Crippen LogP contribution in [-0.4, -0.2) is 4.98 Å². The van der Waals surface area contributed by atoms with Gasteiger partial charge in [0.25, 0.3) is 0 Å². The molecule has 2 aromatic heterocycles. The number of halogens is 1. The van der Waals surface area contributed by atoms with E-state index in [0.29, 0.717) is 10.7 Å². The smallest absolute Gasteiger partial charge is 0.235 e. The zero-order chi connectivity index (χ0) is 13.6. The minimum absolute atomic E-state index is 0.664. The number of nitriles is 1. The molecule has 3 rings (SSSR count). The van der Waals surface area contributed by atoms with Gasteiger partial charge in [0.15, 0.2) is 11.0 Å². The summed E-state index contributed by atoms with van der Waals surface area (Å²) in [5, 5.41) is 10.1. The minimum Gasteiger partial charge on any atom is -0.235 e. The molecule has 0 radical (unpaired) electrons. The molecule has 0 fully saturated rings. The summed E-state index contributed by atoms with van der Waals surface area (Å²) in [6.07, 6.45) is 0.807. The summed E-state index contributed by atoms with van der Waals surface area (Å²) < 4.78 is 1.93. The van der Waals surface area contributed by atoms with Gasteiger partial charge in [0, 0.05) is 5.56 Å². The predicted molar refractivity (Wildman–Crippen MR) is 75.3 cm³/mol. The standard InChI is InChI=1S/C15H12ClN3/c1-3-10-9(2)11(8-17)15-18-12-6-4-5-7-13(12)19(15)14(10)16/h4-7H,3H2,1-2H3/p+1. The maximum Gasteiger partial charge on any atom is 0.304 e. The Kier molecular flexibility index (Phi) is 2.69. The van der Waals surface area contributed by atoms with Crippen molar-refractivity contribution in [2.75, 3.05) is 0 Å². The van der Waals surface area contributed by atoms with E-state index in [9.17, 15) is 5.26 Å². The van der Waals surface area contributed by atoms with Crippen molar-refractivity contribution in [3.63, 3.8) is 0 Å². The lowest BCUT2D eigenvalue weighted by Crippen LogP contribution is -2.25. The van der Waals surface area contributed by atoms with Crippen LogP contribution in [0.25, 0.3) is 16.7 Å². The molecule has 3 nitrogen and oxygen atoms in total. The van der Waals surface area contributed by atoms with Gasteiger partial charge in [-0.3, -0.25) is 0 Å². The number of benzene rings is 1. The maximum atomic E-state index is 9.43. The van der Waals surface area contributed by atoms with Crippen molar-refractivity contribution in [2.24, 2.45) is 0 Å². The Balaban J connectivity index is 2.65. The van der Waals surface area contributed by atoms with Gasteiger partial charge >= 0.3 is 5.65 Å². The van der Waals surface area contributed by atoms with Crippen LogP contribution in [0.4, 0.5) is 0 Å². The number of nitrogens with zero attached hydrogens (tertiary/aromatic N) is 2. The first-order chi connectivity index (χ1) is 9.19. The van der Waals surface area contributed by atoms with E-state index in [1.807, 2.05) is 35.6 Å². The van der Waals surface area contributed by atoms with E-state index in [0.717, 1.165) is 34.2 Å². The van der Waals surface area contributed by atoms with Crippen LogP contribution in [0.3, 0.4) is 0 Å². The summed E-state index contributed by atoms with van der Waals surface area (Å²) in [5.41, 5.74) is 5.39. The van der Waals surface area contributed by atoms with Crippen LogP contribution in [-0.2, 0) is 6.42 Å². The lowest BCUT2D eigenvalue weighted by atomic mass is 10.0. The summed E-state index contributed by atoms with van der Waals surface area (Å²) >= 11 is 6.53. The molecule has 0 unspecified atom stereocenters. The third-order valence-corrected chi connectivity index (χ3v) is 3.99. The van der Waals surface area contributed by atoms with Crippen LogP contribution >= 0.6 is 11.6 Å². The van der Waals surface area contributed by atoms with Crippen LogP contribution < -0.4 is 4.40 Å². The van der Waals surface area contributed by atoms with Crippen LogP contribution in [0.1, 0.15) is 23.6 Å². The number of H-pyrrole nitrogens is 1. The minimum atomic E-state index is 0.664. The first kappa shape index (κ1) is 12.0. The predicted octanol–water partition coefficient (Wildman–Crippen LogP) is 3.30.